The molecular formula is C18H27NO6S. The predicted octanol–water partition coefficient (Wildman–Crippen LogP) is 0.710. The second-order valence-corrected chi connectivity index (χ2v) is 8.99. The van der Waals surface area contributed by atoms with Gasteiger partial charge < -0.3 is 15.2 Å². The fourth-order valence-electron chi connectivity index (χ4n) is 2.37. The third-order valence-electron chi connectivity index (χ3n) is 4.09. The van der Waals surface area contributed by atoms with E-state index in [0.29, 0.717) is 0 Å². The first-order valence-corrected chi connectivity index (χ1v) is 10.1. The monoisotopic (exact) mass is 385 g/mol. The Morgan fingerprint density at radius 3 is 2.38 bits per heavy atom. The van der Waals surface area contributed by atoms with Crippen LogP contribution in [0.2, 0.25) is 0 Å². The van der Waals surface area contributed by atoms with E-state index >= 15 is 0 Å². The zero-order valence-corrected chi connectivity index (χ0v) is 16.2. The van der Waals surface area contributed by atoms with Gasteiger partial charge in [-0.05, 0) is 32.8 Å². The summed E-state index contributed by atoms with van der Waals surface area (Å²) in [5.74, 6) is -2.73. The molecule has 0 saturated carbocycles. The average molecular weight is 385 g/mol. The molecule has 0 aromatic heterocycles. The van der Waals surface area contributed by atoms with Gasteiger partial charge in [-0.15, -0.1) is 0 Å². The number of benzene rings is 1. The Morgan fingerprint density at radius 2 is 1.85 bits per heavy atom. The smallest absolute Gasteiger partial charge is 0.310 e. The second-order valence-electron chi connectivity index (χ2n) is 6.41. The molecular weight excluding hydrogens is 358 g/mol. The summed E-state index contributed by atoms with van der Waals surface area (Å²) < 4.78 is 29.0. The Kier molecular flexibility index (Phi) is 8.23. The molecule has 0 aliphatic heterocycles. The first-order valence-electron chi connectivity index (χ1n) is 8.47. The van der Waals surface area contributed by atoms with E-state index in [2.05, 4.69) is 5.32 Å². The molecule has 1 unspecified atom stereocenters. The van der Waals surface area contributed by atoms with Crippen LogP contribution < -0.4 is 5.32 Å². The third-order valence-corrected chi connectivity index (χ3v) is 6.67. The molecule has 0 spiro atoms. The maximum atomic E-state index is 12.8. The molecule has 1 aromatic carbocycles. The molecule has 0 radical (unpaired) electrons. The van der Waals surface area contributed by atoms with Crippen LogP contribution in [0.15, 0.2) is 30.3 Å². The molecule has 0 saturated heterocycles. The summed E-state index contributed by atoms with van der Waals surface area (Å²) in [6.45, 7) is 4.05. The van der Waals surface area contributed by atoms with Crippen molar-refractivity contribution in [3.8, 4) is 0 Å². The van der Waals surface area contributed by atoms with Gasteiger partial charge in [-0.1, -0.05) is 30.3 Å². The van der Waals surface area contributed by atoms with Crippen LogP contribution >= 0.6 is 0 Å². The number of aliphatic hydroxyl groups excluding tert-OH is 1. The SMILES string of the molecule is CCOC(=O)C(Cc1ccccc1)CS(=O)(=O)C(C)(C)C(=O)NCCO. The zero-order valence-electron chi connectivity index (χ0n) is 15.4. The van der Waals surface area contributed by atoms with Gasteiger partial charge in [-0.25, -0.2) is 8.42 Å². The number of sulfone groups is 1. The molecule has 26 heavy (non-hydrogen) atoms. The van der Waals surface area contributed by atoms with Crippen molar-refractivity contribution in [1.82, 2.24) is 5.32 Å². The minimum Gasteiger partial charge on any atom is -0.466 e. The Balaban J connectivity index is 3.03. The molecule has 1 rings (SSSR count). The molecule has 0 aliphatic carbocycles. The van der Waals surface area contributed by atoms with Gasteiger partial charge in [0, 0.05) is 6.54 Å². The van der Waals surface area contributed by atoms with Gasteiger partial charge in [0.05, 0.1) is 24.9 Å². The lowest BCUT2D eigenvalue weighted by Gasteiger charge is -2.26. The molecule has 0 fully saturated rings. The van der Waals surface area contributed by atoms with Crippen molar-refractivity contribution in [2.75, 3.05) is 25.5 Å². The van der Waals surface area contributed by atoms with E-state index in [1.54, 1.807) is 31.2 Å². The van der Waals surface area contributed by atoms with Crippen molar-refractivity contribution >= 4 is 21.7 Å². The zero-order chi connectivity index (χ0) is 19.8. The van der Waals surface area contributed by atoms with Crippen LogP contribution in [-0.4, -0.2) is 55.7 Å². The van der Waals surface area contributed by atoms with E-state index in [1.165, 1.54) is 13.8 Å². The summed E-state index contributed by atoms with van der Waals surface area (Å²) in [6, 6.07) is 9.04. The first-order chi connectivity index (χ1) is 12.2. The van der Waals surface area contributed by atoms with Crippen LogP contribution in [0, 0.1) is 5.92 Å². The lowest BCUT2D eigenvalue weighted by molar-refractivity contribution is -0.147. The lowest BCUT2D eigenvalue weighted by Crippen LogP contribution is -2.50. The van der Waals surface area contributed by atoms with E-state index in [9.17, 15) is 18.0 Å². The van der Waals surface area contributed by atoms with Crippen LogP contribution in [0.5, 0.6) is 0 Å². The summed E-state index contributed by atoms with van der Waals surface area (Å²) in [7, 11) is -3.97. The fraction of sp³-hybridized carbons (Fsp3) is 0.556. The minimum atomic E-state index is -3.97. The highest BCUT2D eigenvalue weighted by Gasteiger charge is 2.43. The summed E-state index contributed by atoms with van der Waals surface area (Å²) in [6.07, 6.45) is 0.202. The standard InChI is InChI=1S/C18H27NO6S/c1-4-25-16(21)15(12-14-8-6-5-7-9-14)13-26(23,24)18(2,3)17(22)19-10-11-20/h5-9,15,20H,4,10-13H2,1-3H3,(H,19,22). The van der Waals surface area contributed by atoms with Crippen LogP contribution in [0.1, 0.15) is 26.3 Å². The van der Waals surface area contributed by atoms with Crippen molar-refractivity contribution in [1.29, 1.82) is 0 Å². The Morgan fingerprint density at radius 1 is 1.23 bits per heavy atom. The first kappa shape index (κ1) is 22.1. The Labute approximate surface area is 154 Å². The summed E-state index contributed by atoms with van der Waals surface area (Å²) >= 11 is 0. The lowest BCUT2D eigenvalue weighted by atomic mass is 10.0. The maximum Gasteiger partial charge on any atom is 0.310 e. The quantitative estimate of drug-likeness (QED) is 0.574. The number of hydrogen-bond donors (Lipinski definition) is 2. The summed E-state index contributed by atoms with van der Waals surface area (Å²) in [5.41, 5.74) is 0.809. The predicted molar refractivity (Wildman–Crippen MR) is 98.2 cm³/mol. The Bertz CT molecular complexity index is 700. The number of hydrogen-bond acceptors (Lipinski definition) is 6. The number of carbonyl (C=O) groups is 2. The molecule has 0 aliphatic rings. The number of nitrogens with one attached hydrogen (secondary N) is 1. The molecule has 1 aromatic rings. The number of esters is 1. The maximum absolute atomic E-state index is 12.8. The van der Waals surface area contributed by atoms with Crippen molar-refractivity contribution in [2.24, 2.45) is 5.92 Å². The van der Waals surface area contributed by atoms with Gasteiger partial charge in [0.2, 0.25) is 5.91 Å². The number of ether oxygens (including phenoxy) is 1. The van der Waals surface area contributed by atoms with E-state index in [4.69, 9.17) is 9.84 Å². The molecule has 8 heteroatoms. The van der Waals surface area contributed by atoms with Crippen molar-refractivity contribution < 1.29 is 27.9 Å². The third kappa shape index (κ3) is 5.81. The van der Waals surface area contributed by atoms with Gasteiger partial charge in [0.15, 0.2) is 9.84 Å². The van der Waals surface area contributed by atoms with E-state index < -0.39 is 38.1 Å². The molecule has 1 amide bonds. The highest BCUT2D eigenvalue weighted by molar-refractivity contribution is 7.93. The van der Waals surface area contributed by atoms with Gasteiger partial charge >= 0.3 is 5.97 Å². The van der Waals surface area contributed by atoms with Gasteiger partial charge in [0.1, 0.15) is 4.75 Å². The van der Waals surface area contributed by atoms with E-state index in [1.807, 2.05) is 6.07 Å². The number of rotatable bonds is 10. The number of carbonyl (C=O) groups excluding carboxylic acids is 2. The number of aliphatic hydroxyl groups is 1. The van der Waals surface area contributed by atoms with E-state index in [-0.39, 0.29) is 26.2 Å². The molecule has 1 atom stereocenters. The molecule has 0 bridgehead atoms. The summed E-state index contributed by atoms with van der Waals surface area (Å²) in [4.78, 5) is 24.5. The van der Waals surface area contributed by atoms with Gasteiger partial charge in [-0.3, -0.25) is 9.59 Å². The van der Waals surface area contributed by atoms with Gasteiger partial charge in [-0.2, -0.15) is 0 Å². The van der Waals surface area contributed by atoms with Crippen molar-refractivity contribution in [2.45, 2.75) is 31.9 Å². The molecule has 146 valence electrons. The normalized spacial score (nSPS) is 13.1. The van der Waals surface area contributed by atoms with Crippen LogP contribution in [0.25, 0.3) is 0 Å². The highest BCUT2D eigenvalue weighted by atomic mass is 32.2. The molecule has 2 N–H and O–H groups in total. The number of amides is 1. The fourth-order valence-corrected chi connectivity index (χ4v) is 3.92. The van der Waals surface area contributed by atoms with E-state index in [0.717, 1.165) is 5.56 Å². The highest BCUT2D eigenvalue weighted by Crippen LogP contribution is 2.23. The largest absolute Gasteiger partial charge is 0.466 e. The van der Waals surface area contributed by atoms with Gasteiger partial charge in [0.25, 0.3) is 0 Å². The van der Waals surface area contributed by atoms with Crippen molar-refractivity contribution in [3.63, 3.8) is 0 Å². The average Bonchev–Trinajstić information content (AvgIpc) is 2.59. The molecule has 0 heterocycles. The van der Waals surface area contributed by atoms with Crippen LogP contribution in [0.4, 0.5) is 0 Å². The molecule has 7 nitrogen and oxygen atoms in total. The minimum absolute atomic E-state index is 0.0386. The van der Waals surface area contributed by atoms with Crippen molar-refractivity contribution in [3.05, 3.63) is 35.9 Å². The summed E-state index contributed by atoms with van der Waals surface area (Å²) in [5, 5.41) is 11.2. The van der Waals surface area contributed by atoms with Crippen LogP contribution in [0.3, 0.4) is 0 Å². The Hall–Kier alpha value is -1.93. The van der Waals surface area contributed by atoms with Crippen LogP contribution in [-0.2, 0) is 30.6 Å². The second kappa shape index (κ2) is 9.68. The topological polar surface area (TPSA) is 110 Å².